The number of ether oxygens (including phenoxy) is 3. The Morgan fingerprint density at radius 2 is 1.88 bits per heavy atom. The van der Waals surface area contributed by atoms with Gasteiger partial charge in [-0.25, -0.2) is 4.79 Å². The van der Waals surface area contributed by atoms with Crippen LogP contribution in [0, 0.1) is 11.8 Å². The number of Topliss-reactive ketones (excluding diaryl/α,β-unsaturated/α-hetero) is 1. The lowest BCUT2D eigenvalue weighted by Gasteiger charge is -2.25. The van der Waals surface area contributed by atoms with Crippen LogP contribution in [0.5, 0.6) is 0 Å². The lowest BCUT2D eigenvalue weighted by molar-refractivity contribution is -0.168. The molecule has 2 rings (SSSR count). The predicted molar refractivity (Wildman–Crippen MR) is 170 cm³/mol. The van der Waals surface area contributed by atoms with E-state index in [-0.39, 0.29) is 37.1 Å². The van der Waals surface area contributed by atoms with Gasteiger partial charge in [-0.15, -0.1) is 0 Å². The minimum absolute atomic E-state index is 0.0455. The fraction of sp³-hybridized carbons (Fsp3) is 0.676. The van der Waals surface area contributed by atoms with E-state index in [1.54, 1.807) is 31.0 Å². The molecule has 0 heterocycles. The normalized spacial score (nSPS) is 19.6. The Morgan fingerprint density at radius 3 is 2.63 bits per heavy atom. The number of aliphatic hydroxyl groups is 2. The van der Waals surface area contributed by atoms with Crippen LogP contribution >= 0.6 is 11.8 Å². The van der Waals surface area contributed by atoms with Gasteiger partial charge in [0.1, 0.15) is 11.4 Å². The van der Waals surface area contributed by atoms with Crippen molar-refractivity contribution < 1.29 is 38.8 Å². The Bertz CT molecular complexity index is 1020. The first-order valence-corrected chi connectivity index (χ1v) is 16.8. The van der Waals surface area contributed by atoms with Crippen molar-refractivity contribution in [3.8, 4) is 0 Å². The smallest absolute Gasteiger partial charge is 0.344 e. The summed E-state index contributed by atoms with van der Waals surface area (Å²) in [5.74, 6) is -0.0853. The molecule has 0 saturated heterocycles. The van der Waals surface area contributed by atoms with E-state index in [1.807, 2.05) is 38.1 Å². The molecule has 2 N–H and O–H groups in total. The van der Waals surface area contributed by atoms with Gasteiger partial charge < -0.3 is 24.4 Å². The van der Waals surface area contributed by atoms with E-state index in [0.717, 1.165) is 54.7 Å². The Balaban J connectivity index is 1.65. The molecule has 1 fully saturated rings. The zero-order valence-electron chi connectivity index (χ0n) is 26.4. The monoisotopic (exact) mass is 620 g/mol. The summed E-state index contributed by atoms with van der Waals surface area (Å²) in [6.07, 6.45) is 9.20. The second-order valence-electron chi connectivity index (χ2n) is 12.0. The average Bonchev–Trinajstić information content (AvgIpc) is 3.22. The summed E-state index contributed by atoms with van der Waals surface area (Å²) < 4.78 is 15.7. The highest BCUT2D eigenvalue weighted by molar-refractivity contribution is 7.99. The van der Waals surface area contributed by atoms with E-state index in [9.17, 15) is 24.6 Å². The fourth-order valence-corrected chi connectivity index (χ4v) is 6.35. The number of aliphatic hydroxyl groups excluding tert-OH is 2. The van der Waals surface area contributed by atoms with Gasteiger partial charge in [0.05, 0.1) is 18.8 Å². The van der Waals surface area contributed by atoms with Crippen molar-refractivity contribution in [2.45, 2.75) is 109 Å². The quantitative estimate of drug-likeness (QED) is 0.103. The van der Waals surface area contributed by atoms with Gasteiger partial charge in [-0.05, 0) is 62.2 Å². The SMILES string of the molecule is CCCCCCC(C)(C)OC(=O)COC(=O)CCCSCC[C@H]1C(=O)C[C@@H](O)[C@@H]1/C=C/[C@@H](O)Cc1cccc(COC)c1. The Morgan fingerprint density at radius 1 is 1.12 bits per heavy atom. The highest BCUT2D eigenvalue weighted by Gasteiger charge is 2.39. The van der Waals surface area contributed by atoms with Gasteiger partial charge in [-0.3, -0.25) is 9.59 Å². The molecule has 8 nitrogen and oxygen atoms in total. The number of methoxy groups -OCH3 is 1. The average molecular weight is 621 g/mol. The Hall–Kier alpha value is -2.20. The number of ketones is 1. The van der Waals surface area contributed by atoms with E-state index < -0.39 is 29.7 Å². The molecule has 242 valence electrons. The maximum atomic E-state index is 12.6. The third kappa shape index (κ3) is 14.9. The molecule has 1 aliphatic carbocycles. The predicted octanol–water partition coefficient (Wildman–Crippen LogP) is 5.60. The molecule has 0 spiro atoms. The molecule has 43 heavy (non-hydrogen) atoms. The van der Waals surface area contributed by atoms with Crippen molar-refractivity contribution in [2.24, 2.45) is 11.8 Å². The number of benzene rings is 1. The van der Waals surface area contributed by atoms with Gasteiger partial charge in [0.15, 0.2) is 6.61 Å². The molecule has 1 aromatic carbocycles. The fourth-order valence-electron chi connectivity index (χ4n) is 5.38. The van der Waals surface area contributed by atoms with Crippen LogP contribution in [0.1, 0.15) is 89.7 Å². The van der Waals surface area contributed by atoms with E-state index in [1.165, 1.54) is 0 Å². The third-order valence-electron chi connectivity index (χ3n) is 7.65. The van der Waals surface area contributed by atoms with Crippen LogP contribution in [0.4, 0.5) is 0 Å². The molecule has 0 amide bonds. The highest BCUT2D eigenvalue weighted by atomic mass is 32.2. The van der Waals surface area contributed by atoms with Crippen molar-refractivity contribution in [1.29, 1.82) is 0 Å². The minimum Gasteiger partial charge on any atom is -0.457 e. The van der Waals surface area contributed by atoms with Crippen molar-refractivity contribution >= 4 is 29.5 Å². The summed E-state index contributed by atoms with van der Waals surface area (Å²) in [7, 11) is 1.64. The number of thioether (sulfide) groups is 1. The van der Waals surface area contributed by atoms with E-state index in [4.69, 9.17) is 14.2 Å². The number of carbonyl (C=O) groups excluding carboxylic acids is 3. The van der Waals surface area contributed by atoms with Gasteiger partial charge in [0.25, 0.3) is 0 Å². The molecule has 0 aromatic heterocycles. The number of unbranched alkanes of at least 4 members (excludes halogenated alkanes) is 3. The first-order chi connectivity index (χ1) is 20.5. The standard InChI is InChI=1S/C34H52O8S/c1-5-6-7-8-17-34(2,3)42-33(39)24-41-32(38)13-10-18-43-19-16-29-28(30(36)22-31(29)37)15-14-27(35)21-25-11-9-12-26(20-25)23-40-4/h9,11-12,14-15,20,27-30,35-36H,5-8,10,13,16-19,21-24H2,1-4H3/b15-14+/t27-,28-,29-,30-/m1/s1. The zero-order chi connectivity index (χ0) is 31.7. The lowest BCUT2D eigenvalue weighted by atomic mass is 9.91. The summed E-state index contributed by atoms with van der Waals surface area (Å²) in [5.41, 5.74) is 1.45. The summed E-state index contributed by atoms with van der Waals surface area (Å²) in [4.78, 5) is 36.7. The van der Waals surface area contributed by atoms with E-state index in [2.05, 4.69) is 6.92 Å². The van der Waals surface area contributed by atoms with Gasteiger partial charge >= 0.3 is 11.9 Å². The molecule has 1 aliphatic rings. The van der Waals surface area contributed by atoms with Crippen LogP contribution in [-0.4, -0.2) is 71.0 Å². The minimum atomic E-state index is -0.746. The Labute approximate surface area is 261 Å². The Kier molecular flexibility index (Phi) is 17.2. The third-order valence-corrected chi connectivity index (χ3v) is 8.75. The molecule has 1 saturated carbocycles. The maximum absolute atomic E-state index is 12.6. The maximum Gasteiger partial charge on any atom is 0.344 e. The van der Waals surface area contributed by atoms with Gasteiger partial charge in [-0.2, -0.15) is 11.8 Å². The van der Waals surface area contributed by atoms with Crippen LogP contribution in [0.3, 0.4) is 0 Å². The number of esters is 2. The summed E-state index contributed by atoms with van der Waals surface area (Å²) in [5, 5.41) is 21.0. The summed E-state index contributed by atoms with van der Waals surface area (Å²) in [6.45, 7) is 6.04. The first-order valence-electron chi connectivity index (χ1n) is 15.6. The molecule has 9 heteroatoms. The van der Waals surface area contributed by atoms with Crippen LogP contribution in [0.15, 0.2) is 36.4 Å². The van der Waals surface area contributed by atoms with Gasteiger partial charge in [0, 0.05) is 38.2 Å². The van der Waals surface area contributed by atoms with Crippen molar-refractivity contribution in [1.82, 2.24) is 0 Å². The van der Waals surface area contributed by atoms with Crippen molar-refractivity contribution in [3.05, 3.63) is 47.5 Å². The van der Waals surface area contributed by atoms with Crippen molar-refractivity contribution in [2.75, 3.05) is 25.2 Å². The molecular weight excluding hydrogens is 568 g/mol. The van der Waals surface area contributed by atoms with Crippen LogP contribution < -0.4 is 0 Å². The van der Waals surface area contributed by atoms with E-state index >= 15 is 0 Å². The van der Waals surface area contributed by atoms with Crippen molar-refractivity contribution in [3.63, 3.8) is 0 Å². The molecule has 0 aliphatic heterocycles. The number of carbonyl (C=O) groups is 3. The molecular formula is C34H52O8S. The largest absolute Gasteiger partial charge is 0.457 e. The molecule has 4 atom stereocenters. The number of hydrogen-bond donors (Lipinski definition) is 2. The highest BCUT2D eigenvalue weighted by Crippen LogP contribution is 2.34. The zero-order valence-corrected chi connectivity index (χ0v) is 27.2. The van der Waals surface area contributed by atoms with E-state index in [0.29, 0.717) is 25.9 Å². The molecule has 0 bridgehead atoms. The second kappa shape index (κ2) is 20.0. The molecule has 0 unspecified atom stereocenters. The van der Waals surface area contributed by atoms with Crippen LogP contribution in [-0.2, 0) is 41.6 Å². The number of rotatable bonds is 21. The van der Waals surface area contributed by atoms with Crippen LogP contribution in [0.25, 0.3) is 0 Å². The first kappa shape index (κ1) is 37.0. The molecule has 1 aromatic rings. The summed E-state index contributed by atoms with van der Waals surface area (Å²) >= 11 is 1.65. The lowest BCUT2D eigenvalue weighted by Crippen LogP contribution is -2.30. The van der Waals surface area contributed by atoms with Gasteiger partial charge in [0.2, 0.25) is 0 Å². The number of hydrogen-bond acceptors (Lipinski definition) is 9. The topological polar surface area (TPSA) is 119 Å². The second-order valence-corrected chi connectivity index (χ2v) is 13.3. The molecule has 0 radical (unpaired) electrons. The summed E-state index contributed by atoms with van der Waals surface area (Å²) in [6, 6.07) is 7.86. The van der Waals surface area contributed by atoms with Crippen LogP contribution in [0.2, 0.25) is 0 Å². The van der Waals surface area contributed by atoms with Gasteiger partial charge in [-0.1, -0.05) is 62.6 Å².